The lowest BCUT2D eigenvalue weighted by atomic mass is 10.0. The number of phosphoric acid groups is 1. The fourth-order valence-corrected chi connectivity index (χ4v) is 7.24. The molecule has 2 atom stereocenters. The summed E-state index contributed by atoms with van der Waals surface area (Å²) in [6.07, 6.45) is 43.4. The topological polar surface area (TPSA) is 111 Å². The van der Waals surface area contributed by atoms with Crippen LogP contribution in [0.3, 0.4) is 0 Å². The van der Waals surface area contributed by atoms with Gasteiger partial charge in [-0.1, -0.05) is 179 Å². The molecule has 336 valence electrons. The van der Waals surface area contributed by atoms with Gasteiger partial charge in [-0.15, -0.1) is 0 Å². The smallest absolute Gasteiger partial charge is 0.306 e. The minimum atomic E-state index is -4.63. The molecule has 1 unspecified atom stereocenters. The van der Waals surface area contributed by atoms with Gasteiger partial charge in [-0.25, -0.2) is 0 Å². The predicted octanol–water partition coefficient (Wildman–Crippen LogP) is 12.9. The van der Waals surface area contributed by atoms with E-state index in [1.165, 1.54) is 122 Å². The van der Waals surface area contributed by atoms with Crippen LogP contribution in [0.5, 0.6) is 0 Å². The zero-order valence-electron chi connectivity index (χ0n) is 37.8. The van der Waals surface area contributed by atoms with Crippen LogP contribution in [0.25, 0.3) is 0 Å². The van der Waals surface area contributed by atoms with E-state index in [-0.39, 0.29) is 32.0 Å². The molecule has 0 rings (SSSR count). The number of rotatable bonds is 43. The maximum Gasteiger partial charge on any atom is 0.306 e. The quantitative estimate of drug-likeness (QED) is 0.0196. The summed E-state index contributed by atoms with van der Waals surface area (Å²) in [5.74, 6) is -0.841. The largest absolute Gasteiger partial charge is 0.756 e. The third-order valence-electron chi connectivity index (χ3n) is 10.2. The van der Waals surface area contributed by atoms with Crippen molar-refractivity contribution >= 4 is 19.8 Å². The minimum Gasteiger partial charge on any atom is -0.756 e. The number of esters is 2. The summed E-state index contributed by atoms with van der Waals surface area (Å²) in [6.45, 7) is 4.21. The van der Waals surface area contributed by atoms with Gasteiger partial charge in [-0.2, -0.15) is 0 Å². The number of ether oxygens (including phenoxy) is 2. The maximum absolute atomic E-state index is 12.7. The van der Waals surface area contributed by atoms with Gasteiger partial charge in [-0.05, 0) is 44.9 Å². The summed E-state index contributed by atoms with van der Waals surface area (Å²) in [6, 6.07) is 0. The Kier molecular flexibility index (Phi) is 38.9. The fourth-order valence-electron chi connectivity index (χ4n) is 6.51. The normalized spacial score (nSPS) is 13.7. The van der Waals surface area contributed by atoms with E-state index in [4.69, 9.17) is 18.5 Å². The SMILES string of the molecule is CCCCC/C=C/C/C=C/CCCCCCCC(=O)O[C@H](COC(=O)CCCCCCCCCCCCCCCCCCCC)COP(=O)([O-])OCC[N+](C)(C)C. The first-order valence-electron chi connectivity index (χ1n) is 23.5. The number of allylic oxidation sites excluding steroid dienone is 4. The molecule has 0 N–H and O–H groups in total. The Balaban J connectivity index is 4.30. The number of hydrogen-bond acceptors (Lipinski definition) is 8. The molecule has 10 heteroatoms. The van der Waals surface area contributed by atoms with Crippen molar-refractivity contribution in [3.05, 3.63) is 24.3 Å². The molecular formula is C47H90NO8P. The molecule has 57 heavy (non-hydrogen) atoms. The zero-order valence-corrected chi connectivity index (χ0v) is 38.7. The fraction of sp³-hybridized carbons (Fsp3) is 0.872. The Morgan fingerprint density at radius 2 is 0.947 bits per heavy atom. The second kappa shape index (κ2) is 39.9. The van der Waals surface area contributed by atoms with Crippen LogP contribution < -0.4 is 4.89 Å². The van der Waals surface area contributed by atoms with Gasteiger partial charge in [0, 0.05) is 12.8 Å². The molecule has 0 saturated carbocycles. The van der Waals surface area contributed by atoms with Crippen LogP contribution in [-0.2, 0) is 32.7 Å². The average Bonchev–Trinajstić information content (AvgIpc) is 3.16. The summed E-state index contributed by atoms with van der Waals surface area (Å²) in [5.41, 5.74) is 0. The van der Waals surface area contributed by atoms with Gasteiger partial charge in [0.05, 0.1) is 27.7 Å². The van der Waals surface area contributed by atoms with Crippen molar-refractivity contribution in [1.29, 1.82) is 0 Å². The second-order valence-electron chi connectivity index (χ2n) is 17.1. The molecule has 0 amide bonds. The zero-order chi connectivity index (χ0) is 42.1. The maximum atomic E-state index is 12.7. The van der Waals surface area contributed by atoms with E-state index in [2.05, 4.69) is 38.2 Å². The lowest BCUT2D eigenvalue weighted by Crippen LogP contribution is -2.37. The monoisotopic (exact) mass is 828 g/mol. The third-order valence-corrected chi connectivity index (χ3v) is 11.2. The number of nitrogens with zero attached hydrogens (tertiary/aromatic N) is 1. The van der Waals surface area contributed by atoms with E-state index in [1.54, 1.807) is 0 Å². The molecule has 0 aliphatic rings. The Bertz CT molecular complexity index is 1030. The Labute approximate surface area is 351 Å². The van der Waals surface area contributed by atoms with Crippen LogP contribution in [-0.4, -0.2) is 70.0 Å². The summed E-state index contributed by atoms with van der Waals surface area (Å²) in [5, 5.41) is 0. The molecule has 0 aromatic rings. The first-order chi connectivity index (χ1) is 27.5. The Morgan fingerprint density at radius 1 is 0.544 bits per heavy atom. The van der Waals surface area contributed by atoms with Crippen molar-refractivity contribution in [2.45, 2.75) is 219 Å². The highest BCUT2D eigenvalue weighted by Gasteiger charge is 2.21. The number of carbonyl (C=O) groups is 2. The van der Waals surface area contributed by atoms with Gasteiger partial charge in [-0.3, -0.25) is 14.2 Å². The lowest BCUT2D eigenvalue weighted by molar-refractivity contribution is -0.870. The van der Waals surface area contributed by atoms with E-state index in [1.807, 2.05) is 21.1 Å². The summed E-state index contributed by atoms with van der Waals surface area (Å²) >= 11 is 0. The number of phosphoric ester groups is 1. The minimum absolute atomic E-state index is 0.0318. The van der Waals surface area contributed by atoms with Crippen LogP contribution in [0, 0.1) is 0 Å². The standard InChI is InChI=1S/C47H90NO8P/c1-6-8-10-12-14-16-18-20-22-23-24-26-27-29-31-33-35-37-39-46(49)53-43-45(44-55-57(51,52)54-42-41-48(3,4)5)56-47(50)40-38-36-34-32-30-28-25-21-19-17-15-13-11-9-7-2/h15,17,21,25,45H,6-14,16,18-20,22-24,26-44H2,1-5H3/b17-15+,25-21+/t45-/m1/s1. The lowest BCUT2D eigenvalue weighted by Gasteiger charge is -2.28. The molecule has 0 aromatic heterocycles. The first kappa shape index (κ1) is 55.5. The molecule has 0 fully saturated rings. The molecular weight excluding hydrogens is 737 g/mol. The van der Waals surface area contributed by atoms with Crippen molar-refractivity contribution in [1.82, 2.24) is 0 Å². The summed E-state index contributed by atoms with van der Waals surface area (Å²) in [4.78, 5) is 37.6. The number of quaternary nitrogens is 1. The van der Waals surface area contributed by atoms with Crippen molar-refractivity contribution in [3.8, 4) is 0 Å². The number of likely N-dealkylation sites (N-methyl/N-ethyl adjacent to an activating group) is 1. The van der Waals surface area contributed by atoms with Crippen LogP contribution in [0.4, 0.5) is 0 Å². The molecule has 0 aliphatic carbocycles. The number of carbonyl (C=O) groups excluding carboxylic acids is 2. The average molecular weight is 828 g/mol. The second-order valence-corrected chi connectivity index (χ2v) is 18.5. The van der Waals surface area contributed by atoms with Crippen LogP contribution in [0.2, 0.25) is 0 Å². The van der Waals surface area contributed by atoms with E-state index in [0.29, 0.717) is 17.4 Å². The Hall–Kier alpha value is -1.51. The van der Waals surface area contributed by atoms with Crippen molar-refractivity contribution in [2.75, 3.05) is 47.5 Å². The first-order valence-corrected chi connectivity index (χ1v) is 25.0. The van der Waals surface area contributed by atoms with E-state index < -0.39 is 26.5 Å². The van der Waals surface area contributed by atoms with Crippen molar-refractivity contribution < 1.29 is 42.1 Å². The summed E-state index contributed by atoms with van der Waals surface area (Å²) < 4.78 is 33.9. The molecule has 0 bridgehead atoms. The van der Waals surface area contributed by atoms with Gasteiger partial charge in [0.2, 0.25) is 0 Å². The van der Waals surface area contributed by atoms with Gasteiger partial charge in [0.15, 0.2) is 6.10 Å². The molecule has 0 radical (unpaired) electrons. The van der Waals surface area contributed by atoms with E-state index >= 15 is 0 Å². The Morgan fingerprint density at radius 3 is 1.42 bits per heavy atom. The summed E-state index contributed by atoms with van der Waals surface area (Å²) in [7, 11) is 1.16. The molecule has 9 nitrogen and oxygen atoms in total. The number of unbranched alkanes of at least 4 members (excludes halogenated alkanes) is 25. The van der Waals surface area contributed by atoms with Crippen molar-refractivity contribution in [2.24, 2.45) is 0 Å². The highest BCUT2D eigenvalue weighted by atomic mass is 31.2. The van der Waals surface area contributed by atoms with Gasteiger partial charge in [0.1, 0.15) is 19.8 Å². The van der Waals surface area contributed by atoms with Gasteiger partial charge in [0.25, 0.3) is 7.82 Å². The third kappa shape index (κ3) is 43.9. The van der Waals surface area contributed by atoms with E-state index in [0.717, 1.165) is 57.8 Å². The molecule has 0 heterocycles. The highest BCUT2D eigenvalue weighted by molar-refractivity contribution is 7.45. The highest BCUT2D eigenvalue weighted by Crippen LogP contribution is 2.38. The number of hydrogen-bond donors (Lipinski definition) is 0. The van der Waals surface area contributed by atoms with Crippen LogP contribution >= 0.6 is 7.82 Å². The van der Waals surface area contributed by atoms with Gasteiger partial charge >= 0.3 is 11.9 Å². The van der Waals surface area contributed by atoms with Crippen LogP contribution in [0.15, 0.2) is 24.3 Å². The molecule has 0 aromatic carbocycles. The van der Waals surface area contributed by atoms with E-state index in [9.17, 15) is 19.0 Å². The molecule has 0 spiro atoms. The van der Waals surface area contributed by atoms with Gasteiger partial charge < -0.3 is 27.9 Å². The van der Waals surface area contributed by atoms with Crippen LogP contribution in [0.1, 0.15) is 213 Å². The van der Waals surface area contributed by atoms with Crippen molar-refractivity contribution in [3.63, 3.8) is 0 Å². The molecule has 0 saturated heterocycles. The molecule has 0 aliphatic heterocycles. The predicted molar refractivity (Wildman–Crippen MR) is 236 cm³/mol.